The lowest BCUT2D eigenvalue weighted by molar-refractivity contribution is 0.0981. The second-order valence-electron chi connectivity index (χ2n) is 9.69. The number of hydrogen-bond acceptors (Lipinski definition) is 7. The van der Waals surface area contributed by atoms with E-state index in [1.807, 2.05) is 24.7 Å². The summed E-state index contributed by atoms with van der Waals surface area (Å²) < 4.78 is 25.6. The highest BCUT2D eigenvalue weighted by Gasteiger charge is 2.24. The minimum atomic E-state index is -0.533. The van der Waals surface area contributed by atoms with Crippen molar-refractivity contribution >= 4 is 11.4 Å². The molecule has 1 saturated carbocycles. The second-order valence-corrected chi connectivity index (χ2v) is 9.69. The van der Waals surface area contributed by atoms with Gasteiger partial charge in [0.15, 0.2) is 17.3 Å². The van der Waals surface area contributed by atoms with Gasteiger partial charge in [0.05, 0.1) is 36.3 Å². The number of hydrogen-bond donors (Lipinski definition) is 0. The number of tetrazole rings is 1. The van der Waals surface area contributed by atoms with Gasteiger partial charge in [0.25, 0.3) is 0 Å². The molecule has 0 atom stereocenters. The molecule has 1 fully saturated rings. The average Bonchev–Trinajstić information content (AvgIpc) is 3.33. The Labute approximate surface area is 218 Å². The number of Topliss-reactive ketones (excluding diaryl/α,β-unsaturated/α-hetero) is 1. The molecule has 1 aromatic carbocycles. The zero-order chi connectivity index (χ0) is 26.4. The summed E-state index contributed by atoms with van der Waals surface area (Å²) in [4.78, 5) is 18.1. The van der Waals surface area contributed by atoms with Crippen LogP contribution in [0, 0.1) is 19.7 Å². The molecule has 0 saturated heterocycles. The molecular weight excluding hydrogens is 487 g/mol. The monoisotopic (exact) mass is 514 g/mol. The van der Waals surface area contributed by atoms with Crippen molar-refractivity contribution in [2.45, 2.75) is 52.0 Å². The van der Waals surface area contributed by atoms with Crippen molar-refractivity contribution < 1.29 is 13.9 Å². The number of fused-ring (bicyclic) bond motifs is 1. The van der Waals surface area contributed by atoms with Crippen LogP contribution < -0.4 is 4.74 Å². The number of aromatic nitrogens is 8. The van der Waals surface area contributed by atoms with Crippen molar-refractivity contribution in [3.05, 3.63) is 82.6 Å². The summed E-state index contributed by atoms with van der Waals surface area (Å²) in [6, 6.07) is 7.39. The number of ketones is 1. The van der Waals surface area contributed by atoms with Gasteiger partial charge in [-0.1, -0.05) is 6.07 Å². The number of nitrogens with zero attached hydrogens (tertiary/aromatic N) is 8. The normalized spacial score (nSPS) is 13.4. The summed E-state index contributed by atoms with van der Waals surface area (Å²) in [6.45, 7) is 4.15. The summed E-state index contributed by atoms with van der Waals surface area (Å²) in [7, 11) is 1.40. The van der Waals surface area contributed by atoms with Crippen molar-refractivity contribution in [2.75, 3.05) is 7.11 Å². The first-order valence-electron chi connectivity index (χ1n) is 12.6. The molecular formula is C27H27FN8O2. The van der Waals surface area contributed by atoms with Gasteiger partial charge in [-0.25, -0.2) is 14.1 Å². The second kappa shape index (κ2) is 9.47. The van der Waals surface area contributed by atoms with Gasteiger partial charge in [-0.2, -0.15) is 5.10 Å². The van der Waals surface area contributed by atoms with Gasteiger partial charge in [-0.05, 0) is 73.2 Å². The van der Waals surface area contributed by atoms with E-state index >= 15 is 4.39 Å². The molecule has 4 heterocycles. The molecule has 1 aliphatic rings. The van der Waals surface area contributed by atoms with Crippen LogP contribution in [-0.2, 0) is 13.0 Å². The number of pyridine rings is 1. The maximum Gasteiger partial charge on any atom is 0.170 e. The highest BCUT2D eigenvalue weighted by molar-refractivity contribution is 5.98. The van der Waals surface area contributed by atoms with Crippen LogP contribution in [-0.4, -0.2) is 52.3 Å². The lowest BCUT2D eigenvalue weighted by atomic mass is 9.99. The summed E-state index contributed by atoms with van der Waals surface area (Å²) in [6.07, 6.45) is 8.29. The Bertz CT molecular complexity index is 1650. The average molecular weight is 515 g/mol. The fourth-order valence-electron chi connectivity index (χ4n) is 5.04. The molecule has 1 aliphatic carbocycles. The van der Waals surface area contributed by atoms with E-state index in [1.54, 1.807) is 6.07 Å². The molecule has 0 bridgehead atoms. The SMILES string of the molecule is COc1ccc(-n2cnnn2)c(CCC(=O)c2c(C)nn(Cc3cn4cc(C5CC5)ccc4n3)c2C)c1F. The number of imidazole rings is 1. The Hall–Kier alpha value is -4.41. The van der Waals surface area contributed by atoms with E-state index in [-0.39, 0.29) is 24.4 Å². The van der Waals surface area contributed by atoms with Crippen LogP contribution in [0.1, 0.15) is 63.7 Å². The largest absolute Gasteiger partial charge is 0.494 e. The highest BCUT2D eigenvalue weighted by atomic mass is 19.1. The topological polar surface area (TPSA) is 105 Å². The number of carbonyl (C=O) groups excluding carboxylic acids is 1. The maximum atomic E-state index is 15.2. The molecule has 4 aromatic heterocycles. The fraction of sp³-hybridized carbons (Fsp3) is 0.333. The van der Waals surface area contributed by atoms with Crippen LogP contribution >= 0.6 is 0 Å². The van der Waals surface area contributed by atoms with Crippen LogP contribution in [0.4, 0.5) is 4.39 Å². The first kappa shape index (κ1) is 24.0. The van der Waals surface area contributed by atoms with Crippen LogP contribution in [0.5, 0.6) is 5.75 Å². The van der Waals surface area contributed by atoms with Crippen molar-refractivity contribution in [1.29, 1.82) is 0 Å². The Morgan fingerprint density at radius 1 is 1.16 bits per heavy atom. The van der Waals surface area contributed by atoms with Gasteiger partial charge >= 0.3 is 0 Å². The molecule has 194 valence electrons. The van der Waals surface area contributed by atoms with Crippen molar-refractivity contribution in [2.24, 2.45) is 0 Å². The van der Waals surface area contributed by atoms with Gasteiger partial charge in [0.1, 0.15) is 12.0 Å². The third-order valence-electron chi connectivity index (χ3n) is 7.15. The van der Waals surface area contributed by atoms with Crippen LogP contribution in [0.25, 0.3) is 11.3 Å². The van der Waals surface area contributed by atoms with E-state index in [4.69, 9.17) is 9.72 Å². The predicted molar refractivity (Wildman–Crippen MR) is 136 cm³/mol. The molecule has 0 N–H and O–H groups in total. The zero-order valence-corrected chi connectivity index (χ0v) is 21.4. The number of benzene rings is 1. The molecule has 0 radical (unpaired) electrons. The number of halogens is 1. The predicted octanol–water partition coefficient (Wildman–Crippen LogP) is 4.01. The molecule has 38 heavy (non-hydrogen) atoms. The third-order valence-corrected chi connectivity index (χ3v) is 7.15. The van der Waals surface area contributed by atoms with E-state index in [0.717, 1.165) is 17.0 Å². The van der Waals surface area contributed by atoms with Crippen LogP contribution in [0.15, 0.2) is 43.0 Å². The van der Waals surface area contributed by atoms with Gasteiger partial charge in [0.2, 0.25) is 0 Å². The van der Waals surface area contributed by atoms with Gasteiger partial charge in [-0.15, -0.1) is 5.10 Å². The number of methoxy groups -OCH3 is 1. The Morgan fingerprint density at radius 3 is 2.74 bits per heavy atom. The molecule has 10 nitrogen and oxygen atoms in total. The van der Waals surface area contributed by atoms with Gasteiger partial charge < -0.3 is 9.14 Å². The zero-order valence-electron chi connectivity index (χ0n) is 21.4. The minimum absolute atomic E-state index is 0.0882. The number of rotatable bonds is 9. The van der Waals surface area contributed by atoms with Gasteiger partial charge in [0, 0.05) is 30.1 Å². The molecule has 0 spiro atoms. The van der Waals surface area contributed by atoms with E-state index in [1.165, 1.54) is 42.6 Å². The molecule has 0 unspecified atom stereocenters. The van der Waals surface area contributed by atoms with E-state index < -0.39 is 5.82 Å². The lowest BCUT2D eigenvalue weighted by Crippen LogP contribution is -2.10. The lowest BCUT2D eigenvalue weighted by Gasteiger charge is -2.12. The quantitative estimate of drug-likeness (QED) is 0.274. The highest BCUT2D eigenvalue weighted by Crippen LogP contribution is 2.40. The summed E-state index contributed by atoms with van der Waals surface area (Å²) in [5.74, 6) is 0.125. The minimum Gasteiger partial charge on any atom is -0.494 e. The molecule has 0 amide bonds. The number of carbonyl (C=O) groups is 1. The Morgan fingerprint density at radius 2 is 2.00 bits per heavy atom. The van der Waals surface area contributed by atoms with Gasteiger partial charge in [-0.3, -0.25) is 9.48 Å². The Kier molecular flexibility index (Phi) is 5.97. The van der Waals surface area contributed by atoms with Crippen molar-refractivity contribution in [3.8, 4) is 11.4 Å². The maximum absolute atomic E-state index is 15.2. The summed E-state index contributed by atoms with van der Waals surface area (Å²) in [5.41, 5.74) is 5.82. The third kappa shape index (κ3) is 4.33. The smallest absolute Gasteiger partial charge is 0.170 e. The van der Waals surface area contributed by atoms with Crippen molar-refractivity contribution in [1.82, 2.24) is 39.4 Å². The first-order chi connectivity index (χ1) is 18.4. The summed E-state index contributed by atoms with van der Waals surface area (Å²) in [5, 5.41) is 15.8. The van der Waals surface area contributed by atoms with Crippen LogP contribution in [0.3, 0.4) is 0 Å². The molecule has 11 heteroatoms. The molecule has 0 aliphatic heterocycles. The standard InChI is InChI=1S/C27H27FN8O2/c1-16-26(23(37)9-7-21-22(36-15-29-32-33-36)8-10-24(38-3)27(21)28)17(2)35(31-16)14-20-13-34-12-19(18-4-5-18)6-11-25(34)30-20/h6,8,10-13,15,18H,4-5,7,9,14H2,1-3H3. The Balaban J connectivity index is 1.23. The summed E-state index contributed by atoms with van der Waals surface area (Å²) >= 11 is 0. The number of aryl methyl sites for hydroxylation is 1. The first-order valence-corrected chi connectivity index (χ1v) is 12.6. The van der Waals surface area contributed by atoms with E-state index in [0.29, 0.717) is 35.0 Å². The molecule has 6 rings (SSSR count). The van der Waals surface area contributed by atoms with Crippen molar-refractivity contribution in [3.63, 3.8) is 0 Å². The number of ether oxygens (including phenoxy) is 1. The molecule has 5 aromatic rings. The van der Waals surface area contributed by atoms with E-state index in [2.05, 4.69) is 43.4 Å². The van der Waals surface area contributed by atoms with E-state index in [9.17, 15) is 4.79 Å². The van der Waals surface area contributed by atoms with Crippen LogP contribution in [0.2, 0.25) is 0 Å². The fourth-order valence-corrected chi connectivity index (χ4v) is 5.04.